The average Bonchev–Trinajstić information content (AvgIpc) is 3.36. The van der Waals surface area contributed by atoms with Crippen LogP contribution in [0.5, 0.6) is 0 Å². The van der Waals surface area contributed by atoms with Crippen LogP contribution in [-0.4, -0.2) is 59.9 Å². The number of hydrogen-bond donors (Lipinski definition) is 0. The molecule has 2 aliphatic rings. The minimum atomic E-state index is -3.46. The fourth-order valence-corrected chi connectivity index (χ4v) is 6.80. The molecule has 0 spiro atoms. The van der Waals surface area contributed by atoms with Crippen molar-refractivity contribution in [3.63, 3.8) is 0 Å². The highest BCUT2D eigenvalue weighted by atomic mass is 32.2. The molecule has 0 saturated carbocycles. The molecule has 8 heteroatoms. The summed E-state index contributed by atoms with van der Waals surface area (Å²) in [5, 5.41) is 0.416. The maximum atomic E-state index is 12.9. The van der Waals surface area contributed by atoms with Crippen LogP contribution in [0.15, 0.2) is 58.6 Å². The lowest BCUT2D eigenvalue weighted by atomic mass is 9.90. The van der Waals surface area contributed by atoms with Crippen molar-refractivity contribution in [3.05, 3.63) is 54.2 Å². The molecule has 0 aliphatic carbocycles. The Morgan fingerprint density at radius 1 is 1.06 bits per heavy atom. The average molecular weight is 474 g/mol. The Balaban J connectivity index is 1.28. The maximum Gasteiger partial charge on any atom is 0.244 e. The van der Waals surface area contributed by atoms with Gasteiger partial charge in [-0.25, -0.2) is 13.4 Å². The molecule has 0 radical (unpaired) electrons. The van der Waals surface area contributed by atoms with Crippen LogP contribution >= 0.6 is 11.8 Å². The van der Waals surface area contributed by atoms with E-state index in [9.17, 15) is 13.2 Å². The third-order valence-electron chi connectivity index (χ3n) is 6.35. The van der Waals surface area contributed by atoms with E-state index in [1.807, 2.05) is 17.9 Å². The van der Waals surface area contributed by atoms with Crippen molar-refractivity contribution >= 4 is 27.7 Å². The largest absolute Gasteiger partial charge is 0.342 e. The molecule has 0 bridgehead atoms. The van der Waals surface area contributed by atoms with E-state index in [1.165, 1.54) is 27.8 Å². The zero-order valence-electron chi connectivity index (χ0n) is 18.5. The minimum absolute atomic E-state index is 0.128. The number of sulfonamides is 1. The second-order valence-electron chi connectivity index (χ2n) is 8.66. The van der Waals surface area contributed by atoms with Crippen LogP contribution in [0, 0.1) is 5.92 Å². The first-order valence-electron chi connectivity index (χ1n) is 11.4. The van der Waals surface area contributed by atoms with Crippen molar-refractivity contribution in [3.8, 4) is 0 Å². The Bertz CT molecular complexity index is 999. The number of carbonyl (C=O) groups is 1. The molecule has 1 atom stereocenters. The highest BCUT2D eigenvalue weighted by Gasteiger charge is 2.29. The van der Waals surface area contributed by atoms with Crippen LogP contribution in [0.25, 0.3) is 0 Å². The van der Waals surface area contributed by atoms with Crippen LogP contribution in [0.1, 0.15) is 38.2 Å². The Hall–Kier alpha value is -1.90. The number of carbonyl (C=O) groups excluding carboxylic acids is 1. The molecule has 1 amide bonds. The summed E-state index contributed by atoms with van der Waals surface area (Å²) >= 11 is 1.39. The van der Waals surface area contributed by atoms with Crippen molar-refractivity contribution in [1.29, 1.82) is 0 Å². The van der Waals surface area contributed by atoms with Crippen molar-refractivity contribution in [2.45, 2.75) is 54.2 Å². The van der Waals surface area contributed by atoms with Gasteiger partial charge < -0.3 is 4.90 Å². The summed E-state index contributed by atoms with van der Waals surface area (Å²) in [5.74, 6) is 0.750. The number of pyridine rings is 1. The zero-order valence-corrected chi connectivity index (χ0v) is 20.2. The van der Waals surface area contributed by atoms with Crippen LogP contribution in [0.3, 0.4) is 0 Å². The van der Waals surface area contributed by atoms with Crippen molar-refractivity contribution < 1.29 is 13.2 Å². The number of amides is 1. The van der Waals surface area contributed by atoms with Gasteiger partial charge in [-0.1, -0.05) is 42.1 Å². The van der Waals surface area contributed by atoms with E-state index < -0.39 is 10.0 Å². The predicted molar refractivity (Wildman–Crippen MR) is 127 cm³/mol. The quantitative estimate of drug-likeness (QED) is 0.572. The first kappa shape index (κ1) is 23.3. The summed E-state index contributed by atoms with van der Waals surface area (Å²) in [6, 6.07) is 13.9. The van der Waals surface area contributed by atoms with E-state index >= 15 is 0 Å². The van der Waals surface area contributed by atoms with Crippen LogP contribution in [0.4, 0.5) is 0 Å². The Kier molecular flexibility index (Phi) is 7.53. The Labute approximate surface area is 195 Å². The van der Waals surface area contributed by atoms with E-state index in [4.69, 9.17) is 0 Å². The van der Waals surface area contributed by atoms with Gasteiger partial charge in [-0.2, -0.15) is 4.31 Å². The summed E-state index contributed by atoms with van der Waals surface area (Å²) in [6.45, 7) is 4.64. The smallest absolute Gasteiger partial charge is 0.244 e. The number of aromatic nitrogens is 1. The molecular formula is C24H31N3O3S2. The molecule has 1 unspecified atom stereocenters. The normalized spacial score (nSPS) is 19.2. The molecule has 32 heavy (non-hydrogen) atoms. The van der Waals surface area contributed by atoms with Crippen LogP contribution < -0.4 is 0 Å². The van der Waals surface area contributed by atoms with Gasteiger partial charge in [-0.3, -0.25) is 4.79 Å². The molecule has 4 rings (SSSR count). The number of piperidine rings is 1. The first-order valence-corrected chi connectivity index (χ1v) is 13.7. The molecule has 2 aliphatic heterocycles. The molecule has 172 valence electrons. The number of hydrogen-bond acceptors (Lipinski definition) is 5. The number of nitrogens with zero attached hydrogens (tertiary/aromatic N) is 3. The molecule has 1 aromatic carbocycles. The fraction of sp³-hybridized carbons (Fsp3) is 0.500. The van der Waals surface area contributed by atoms with Gasteiger partial charge in [-0.05, 0) is 62.6 Å². The highest BCUT2D eigenvalue weighted by Crippen LogP contribution is 2.28. The summed E-state index contributed by atoms with van der Waals surface area (Å²) in [6.07, 6.45) is 6.36. The van der Waals surface area contributed by atoms with Gasteiger partial charge >= 0.3 is 0 Å². The van der Waals surface area contributed by atoms with Gasteiger partial charge in [0.2, 0.25) is 15.9 Å². The zero-order chi connectivity index (χ0) is 22.6. The predicted octanol–water partition coefficient (Wildman–Crippen LogP) is 3.83. The second kappa shape index (κ2) is 10.4. The molecule has 3 heterocycles. The van der Waals surface area contributed by atoms with Gasteiger partial charge in [-0.15, -0.1) is 0 Å². The highest BCUT2D eigenvalue weighted by molar-refractivity contribution is 8.00. The van der Waals surface area contributed by atoms with Gasteiger partial charge in [0, 0.05) is 32.4 Å². The molecule has 2 saturated heterocycles. The number of likely N-dealkylation sites (tertiary alicyclic amines) is 1. The van der Waals surface area contributed by atoms with E-state index in [0.29, 0.717) is 24.0 Å². The number of thioether (sulfide) groups is 1. The van der Waals surface area contributed by atoms with E-state index in [-0.39, 0.29) is 16.1 Å². The molecule has 1 aromatic heterocycles. The van der Waals surface area contributed by atoms with Gasteiger partial charge in [0.25, 0.3) is 0 Å². The molecular weight excluding hydrogens is 442 g/mol. The van der Waals surface area contributed by atoms with E-state index in [2.05, 4.69) is 29.2 Å². The van der Waals surface area contributed by atoms with Crippen molar-refractivity contribution in [2.24, 2.45) is 5.92 Å². The van der Waals surface area contributed by atoms with Gasteiger partial charge in [0.05, 0.1) is 10.3 Å². The van der Waals surface area contributed by atoms with Gasteiger partial charge in [0.15, 0.2) is 0 Å². The maximum absolute atomic E-state index is 12.9. The minimum Gasteiger partial charge on any atom is -0.342 e. The third-order valence-corrected chi connectivity index (χ3v) is 9.27. The molecule has 0 N–H and O–H groups in total. The topological polar surface area (TPSA) is 70.6 Å². The standard InChI is InChI=1S/C24H31N3O3S2/c1-19(24(28)26-15-11-21(12-16-26)17-20-7-3-2-4-8-20)31-23-10-9-22(18-25-23)32(29,30)27-13-5-6-14-27/h2-4,7-10,18-19,21H,5-6,11-17H2,1H3. The van der Waals surface area contributed by atoms with E-state index in [0.717, 1.165) is 45.2 Å². The van der Waals surface area contributed by atoms with Crippen molar-refractivity contribution in [2.75, 3.05) is 26.2 Å². The monoisotopic (exact) mass is 473 g/mol. The lowest BCUT2D eigenvalue weighted by Crippen LogP contribution is -2.42. The first-order chi connectivity index (χ1) is 15.4. The number of rotatable bonds is 7. The van der Waals surface area contributed by atoms with E-state index in [1.54, 1.807) is 12.1 Å². The summed E-state index contributed by atoms with van der Waals surface area (Å²) in [5.41, 5.74) is 1.36. The van der Waals surface area contributed by atoms with Crippen molar-refractivity contribution in [1.82, 2.24) is 14.2 Å². The van der Waals surface area contributed by atoms with Crippen LogP contribution in [0.2, 0.25) is 0 Å². The Morgan fingerprint density at radius 3 is 2.38 bits per heavy atom. The second-order valence-corrected chi connectivity index (χ2v) is 12.0. The molecule has 6 nitrogen and oxygen atoms in total. The Morgan fingerprint density at radius 2 is 1.75 bits per heavy atom. The lowest BCUT2D eigenvalue weighted by molar-refractivity contribution is -0.131. The fourth-order valence-electron chi connectivity index (χ4n) is 4.46. The number of benzene rings is 1. The van der Waals surface area contributed by atoms with Gasteiger partial charge in [0.1, 0.15) is 4.90 Å². The summed E-state index contributed by atoms with van der Waals surface area (Å²) in [7, 11) is -3.46. The summed E-state index contributed by atoms with van der Waals surface area (Å²) in [4.78, 5) is 19.5. The third kappa shape index (κ3) is 5.53. The lowest BCUT2D eigenvalue weighted by Gasteiger charge is -2.33. The molecule has 2 aromatic rings. The molecule has 2 fully saturated rings. The SMILES string of the molecule is CC(Sc1ccc(S(=O)(=O)N2CCCC2)cn1)C(=O)N1CCC(Cc2ccccc2)CC1. The summed E-state index contributed by atoms with van der Waals surface area (Å²) < 4.78 is 26.8. The van der Waals surface area contributed by atoms with Crippen LogP contribution in [-0.2, 0) is 21.2 Å².